The summed E-state index contributed by atoms with van der Waals surface area (Å²) in [5, 5.41) is 3.23. The van der Waals surface area contributed by atoms with Crippen molar-refractivity contribution >= 4 is 5.91 Å². The minimum Gasteiger partial charge on any atom is -0.348 e. The fraction of sp³-hybridized carbons (Fsp3) is 0.611. The maximum Gasteiger partial charge on any atom is 0.275 e. The lowest BCUT2D eigenvalue weighted by Crippen LogP contribution is -3.09. The summed E-state index contributed by atoms with van der Waals surface area (Å²) >= 11 is 0. The third-order valence-electron chi connectivity index (χ3n) is 4.55. The maximum absolute atomic E-state index is 12.2. The zero-order chi connectivity index (χ0) is 15.2. The second-order valence-electron chi connectivity index (χ2n) is 6.73. The van der Waals surface area contributed by atoms with Gasteiger partial charge in [0.2, 0.25) is 0 Å². The van der Waals surface area contributed by atoms with Crippen LogP contribution in [-0.4, -0.2) is 25.5 Å². The van der Waals surface area contributed by atoms with Gasteiger partial charge >= 0.3 is 0 Å². The molecular weight excluding hydrogens is 260 g/mol. The highest BCUT2D eigenvalue weighted by Crippen LogP contribution is 2.23. The second kappa shape index (κ2) is 7.60. The summed E-state index contributed by atoms with van der Waals surface area (Å²) in [5.74, 6) is 0.818. The van der Waals surface area contributed by atoms with E-state index >= 15 is 0 Å². The van der Waals surface area contributed by atoms with Crippen molar-refractivity contribution in [1.82, 2.24) is 5.32 Å². The monoisotopic (exact) mass is 289 g/mol. The molecule has 0 aromatic heterocycles. The molecule has 1 aromatic carbocycles. The smallest absolute Gasteiger partial charge is 0.275 e. The van der Waals surface area contributed by atoms with Crippen molar-refractivity contribution in [2.75, 3.05) is 13.6 Å². The van der Waals surface area contributed by atoms with Gasteiger partial charge in [-0.15, -0.1) is 0 Å². The lowest BCUT2D eigenvalue weighted by atomic mass is 9.86. The van der Waals surface area contributed by atoms with Gasteiger partial charge in [0.15, 0.2) is 6.54 Å². The molecule has 2 N–H and O–H groups in total. The van der Waals surface area contributed by atoms with Gasteiger partial charge in [-0.3, -0.25) is 4.79 Å². The van der Waals surface area contributed by atoms with Gasteiger partial charge in [-0.1, -0.05) is 49.6 Å². The predicted molar refractivity (Wildman–Crippen MR) is 86.2 cm³/mol. The maximum atomic E-state index is 12.2. The Hall–Kier alpha value is -1.35. The van der Waals surface area contributed by atoms with Crippen LogP contribution in [0.15, 0.2) is 24.3 Å². The van der Waals surface area contributed by atoms with E-state index in [1.54, 1.807) is 0 Å². The average molecular weight is 289 g/mol. The minimum absolute atomic E-state index is 0.193. The molecule has 21 heavy (non-hydrogen) atoms. The van der Waals surface area contributed by atoms with Crippen molar-refractivity contribution in [3.63, 3.8) is 0 Å². The van der Waals surface area contributed by atoms with Gasteiger partial charge in [-0.25, -0.2) is 0 Å². The van der Waals surface area contributed by atoms with Gasteiger partial charge in [0, 0.05) is 11.6 Å². The highest BCUT2D eigenvalue weighted by Gasteiger charge is 2.23. The Bertz CT molecular complexity index is 455. The van der Waals surface area contributed by atoms with E-state index in [0.29, 0.717) is 18.5 Å². The van der Waals surface area contributed by atoms with E-state index in [0.717, 1.165) is 13.0 Å². The minimum atomic E-state index is 0.193. The molecule has 3 nitrogen and oxygen atoms in total. The molecule has 0 aliphatic heterocycles. The summed E-state index contributed by atoms with van der Waals surface area (Å²) in [6.45, 7) is 5.80. The third-order valence-corrected chi connectivity index (χ3v) is 4.55. The standard InChI is InChI=1S/C18H28N2O/c1-14-8-10-16(11-9-14)12-20(3)13-18(21)19-17-7-5-4-6-15(17)2/h8-11,15,17H,4-7,12-13H2,1-3H3,(H,19,21)/p+1/t15-,17-/m1/s1. The van der Waals surface area contributed by atoms with Crippen molar-refractivity contribution in [2.45, 2.75) is 52.1 Å². The predicted octanol–water partition coefficient (Wildman–Crippen LogP) is 1.70. The van der Waals surface area contributed by atoms with Crippen molar-refractivity contribution in [3.05, 3.63) is 35.4 Å². The van der Waals surface area contributed by atoms with E-state index in [1.807, 2.05) is 0 Å². The largest absolute Gasteiger partial charge is 0.348 e. The van der Waals surface area contributed by atoms with E-state index in [2.05, 4.69) is 50.5 Å². The molecule has 0 heterocycles. The summed E-state index contributed by atoms with van der Waals surface area (Å²) in [5.41, 5.74) is 2.57. The molecule has 1 saturated carbocycles. The van der Waals surface area contributed by atoms with E-state index in [4.69, 9.17) is 0 Å². The first-order valence-electron chi connectivity index (χ1n) is 8.21. The van der Waals surface area contributed by atoms with Gasteiger partial charge in [0.05, 0.1) is 7.05 Å². The van der Waals surface area contributed by atoms with Crippen molar-refractivity contribution in [3.8, 4) is 0 Å². The van der Waals surface area contributed by atoms with Crippen molar-refractivity contribution in [1.29, 1.82) is 0 Å². The van der Waals surface area contributed by atoms with Gasteiger partial charge in [-0.2, -0.15) is 0 Å². The molecule has 0 bridgehead atoms. The summed E-state index contributed by atoms with van der Waals surface area (Å²) in [7, 11) is 2.09. The Balaban J connectivity index is 1.77. The Morgan fingerprint density at radius 2 is 1.90 bits per heavy atom. The number of carbonyl (C=O) groups is 1. The zero-order valence-electron chi connectivity index (χ0n) is 13.6. The third kappa shape index (κ3) is 5.16. The highest BCUT2D eigenvalue weighted by molar-refractivity contribution is 5.77. The molecular formula is C18H29N2O+. The fourth-order valence-electron chi connectivity index (χ4n) is 3.18. The van der Waals surface area contributed by atoms with E-state index < -0.39 is 0 Å². The summed E-state index contributed by atoms with van der Waals surface area (Å²) in [6.07, 6.45) is 4.95. The van der Waals surface area contributed by atoms with Crippen LogP contribution in [0.1, 0.15) is 43.7 Å². The van der Waals surface area contributed by atoms with Crippen LogP contribution in [0.5, 0.6) is 0 Å². The molecule has 0 spiro atoms. The first kappa shape index (κ1) is 16.0. The molecule has 1 aliphatic rings. The molecule has 1 fully saturated rings. The Labute approximate surface area is 128 Å². The quantitative estimate of drug-likeness (QED) is 0.850. The van der Waals surface area contributed by atoms with Gasteiger partial charge in [0.25, 0.3) is 5.91 Å². The molecule has 2 rings (SSSR count). The number of benzene rings is 1. The molecule has 1 amide bonds. The summed E-state index contributed by atoms with van der Waals surface area (Å²) < 4.78 is 0. The zero-order valence-corrected chi connectivity index (χ0v) is 13.6. The highest BCUT2D eigenvalue weighted by atomic mass is 16.2. The molecule has 3 heteroatoms. The summed E-state index contributed by atoms with van der Waals surface area (Å²) in [4.78, 5) is 13.4. The van der Waals surface area contributed by atoms with Crippen molar-refractivity contribution in [2.24, 2.45) is 5.92 Å². The topological polar surface area (TPSA) is 33.5 Å². The van der Waals surface area contributed by atoms with Crippen LogP contribution in [0.4, 0.5) is 0 Å². The number of hydrogen-bond donors (Lipinski definition) is 2. The van der Waals surface area contributed by atoms with Crippen LogP contribution in [-0.2, 0) is 11.3 Å². The summed E-state index contributed by atoms with van der Waals surface area (Å²) in [6, 6.07) is 8.96. The van der Waals surface area contributed by atoms with E-state index in [-0.39, 0.29) is 5.91 Å². The SMILES string of the molecule is Cc1ccc(C[NH+](C)CC(=O)N[C@@H]2CCCC[C@H]2C)cc1. The first-order valence-corrected chi connectivity index (χ1v) is 8.21. The average Bonchev–Trinajstić information content (AvgIpc) is 2.44. The van der Waals surface area contributed by atoms with Gasteiger partial charge < -0.3 is 10.2 Å². The fourth-order valence-corrected chi connectivity index (χ4v) is 3.18. The van der Waals surface area contributed by atoms with Gasteiger partial charge in [0.1, 0.15) is 6.54 Å². The normalized spacial score (nSPS) is 23.6. The number of aryl methyl sites for hydroxylation is 1. The van der Waals surface area contributed by atoms with Crippen LogP contribution in [0, 0.1) is 12.8 Å². The lowest BCUT2D eigenvalue weighted by molar-refractivity contribution is -0.885. The number of rotatable bonds is 5. The Kier molecular flexibility index (Phi) is 5.80. The number of nitrogens with one attached hydrogen (secondary N) is 2. The molecule has 1 aromatic rings. The lowest BCUT2D eigenvalue weighted by Gasteiger charge is -2.29. The second-order valence-corrected chi connectivity index (χ2v) is 6.73. The Morgan fingerprint density at radius 1 is 1.24 bits per heavy atom. The molecule has 1 aliphatic carbocycles. The number of amides is 1. The van der Waals surface area contributed by atoms with Crippen LogP contribution < -0.4 is 10.2 Å². The molecule has 3 atom stereocenters. The molecule has 0 radical (unpaired) electrons. The molecule has 1 unspecified atom stereocenters. The van der Waals surface area contributed by atoms with Crippen molar-refractivity contribution < 1.29 is 9.69 Å². The number of likely N-dealkylation sites (N-methyl/N-ethyl adjacent to an activating group) is 1. The number of quaternary nitrogens is 1. The number of hydrogen-bond acceptors (Lipinski definition) is 1. The van der Waals surface area contributed by atoms with Crippen LogP contribution in [0.3, 0.4) is 0 Å². The molecule has 0 saturated heterocycles. The van der Waals surface area contributed by atoms with Gasteiger partial charge in [-0.05, 0) is 25.7 Å². The first-order chi connectivity index (χ1) is 10.0. The van der Waals surface area contributed by atoms with E-state index in [1.165, 1.54) is 35.3 Å². The Morgan fingerprint density at radius 3 is 2.57 bits per heavy atom. The van der Waals surface area contributed by atoms with Crippen LogP contribution in [0.2, 0.25) is 0 Å². The number of carbonyl (C=O) groups excluding carboxylic acids is 1. The molecule has 116 valence electrons. The van der Waals surface area contributed by atoms with Crippen LogP contribution >= 0.6 is 0 Å². The van der Waals surface area contributed by atoms with E-state index in [9.17, 15) is 4.79 Å². The van der Waals surface area contributed by atoms with Crippen LogP contribution in [0.25, 0.3) is 0 Å².